The Kier molecular flexibility index (Phi) is 5.69. The molecule has 0 radical (unpaired) electrons. The van der Waals surface area contributed by atoms with E-state index in [9.17, 15) is 18.8 Å². The molecule has 0 bridgehead atoms. The molecule has 0 saturated heterocycles. The average Bonchev–Trinajstić information content (AvgIpc) is 2.59. The second-order valence-corrected chi connectivity index (χ2v) is 5.50. The van der Waals surface area contributed by atoms with Gasteiger partial charge in [0.15, 0.2) is 0 Å². The molecule has 1 aromatic carbocycles. The number of nitrogens with one attached hydrogen (secondary N) is 1. The first-order chi connectivity index (χ1) is 11.9. The average molecular weight is 345 g/mol. The summed E-state index contributed by atoms with van der Waals surface area (Å²) in [5, 5.41) is 2.46. The van der Waals surface area contributed by atoms with Crippen molar-refractivity contribution in [2.75, 3.05) is 18.4 Å². The molecule has 2 rings (SSSR count). The third-order valence-electron chi connectivity index (χ3n) is 3.82. The van der Waals surface area contributed by atoms with Gasteiger partial charge in [0.25, 0.3) is 17.4 Å². The molecule has 0 fully saturated rings. The van der Waals surface area contributed by atoms with Crippen LogP contribution in [0, 0.1) is 5.82 Å². The minimum absolute atomic E-state index is 0.0326. The van der Waals surface area contributed by atoms with Crippen molar-refractivity contribution in [3.63, 3.8) is 0 Å². The number of halogens is 1. The smallest absolute Gasteiger partial charge is 0.274 e. The van der Waals surface area contributed by atoms with Crippen LogP contribution in [0.3, 0.4) is 0 Å². The van der Waals surface area contributed by atoms with Gasteiger partial charge in [-0.1, -0.05) is 6.07 Å². The van der Waals surface area contributed by atoms with Crippen molar-refractivity contribution in [1.29, 1.82) is 0 Å². The molecule has 0 aliphatic rings. The number of nitrogens with zero attached hydrogens (tertiary/aromatic N) is 2. The van der Waals surface area contributed by atoms with Crippen LogP contribution in [0.5, 0.6) is 0 Å². The maximum absolute atomic E-state index is 13.3. The summed E-state index contributed by atoms with van der Waals surface area (Å²) in [5.41, 5.74) is -0.113. The molecule has 1 N–H and O–H groups in total. The molecule has 25 heavy (non-hydrogen) atoms. The van der Waals surface area contributed by atoms with E-state index in [0.29, 0.717) is 18.7 Å². The lowest BCUT2D eigenvalue weighted by Gasteiger charge is -2.19. The van der Waals surface area contributed by atoms with Gasteiger partial charge in [0.1, 0.15) is 11.5 Å². The molecule has 0 atom stereocenters. The normalized spacial score (nSPS) is 10.4. The number of anilines is 1. The highest BCUT2D eigenvalue weighted by molar-refractivity contribution is 6.05. The fourth-order valence-electron chi connectivity index (χ4n) is 2.44. The number of amides is 2. The lowest BCUT2D eigenvalue weighted by atomic mass is 10.2. The standard InChI is InChI=1S/C18H20FN3O3/c1-4-22(5-2)17(24)13-10-15(18(25)21(3)11-13)20-16(23)12-7-6-8-14(19)9-12/h6-11H,4-5H2,1-3H3,(H,20,23). The zero-order valence-electron chi connectivity index (χ0n) is 14.4. The number of pyridine rings is 1. The van der Waals surface area contributed by atoms with E-state index in [4.69, 9.17) is 0 Å². The Morgan fingerprint density at radius 1 is 1.16 bits per heavy atom. The van der Waals surface area contributed by atoms with E-state index in [-0.39, 0.29) is 17.2 Å². The first kappa shape index (κ1) is 18.4. The summed E-state index contributed by atoms with van der Waals surface area (Å²) in [6.07, 6.45) is 1.43. The molecule has 0 saturated carbocycles. The number of carbonyl (C=O) groups excluding carboxylic acids is 2. The lowest BCUT2D eigenvalue weighted by molar-refractivity contribution is 0.0771. The van der Waals surface area contributed by atoms with E-state index in [1.54, 1.807) is 4.90 Å². The highest BCUT2D eigenvalue weighted by Gasteiger charge is 2.17. The SMILES string of the molecule is CCN(CC)C(=O)c1cc(NC(=O)c2cccc(F)c2)c(=O)n(C)c1. The molecular weight excluding hydrogens is 325 g/mol. The molecule has 0 aliphatic heterocycles. The number of aryl methyl sites for hydroxylation is 1. The van der Waals surface area contributed by atoms with Gasteiger partial charge in [-0.25, -0.2) is 4.39 Å². The van der Waals surface area contributed by atoms with E-state index >= 15 is 0 Å². The summed E-state index contributed by atoms with van der Waals surface area (Å²) in [7, 11) is 1.50. The Balaban J connectivity index is 2.36. The monoisotopic (exact) mass is 345 g/mol. The Hall–Kier alpha value is -2.96. The van der Waals surface area contributed by atoms with Crippen molar-refractivity contribution < 1.29 is 14.0 Å². The van der Waals surface area contributed by atoms with Crippen molar-refractivity contribution in [2.24, 2.45) is 7.05 Å². The van der Waals surface area contributed by atoms with Gasteiger partial charge in [-0.3, -0.25) is 14.4 Å². The van der Waals surface area contributed by atoms with Crippen molar-refractivity contribution in [2.45, 2.75) is 13.8 Å². The predicted octanol–water partition coefficient (Wildman–Crippen LogP) is 2.26. The van der Waals surface area contributed by atoms with Gasteiger partial charge in [-0.2, -0.15) is 0 Å². The molecule has 1 aromatic heterocycles. The second-order valence-electron chi connectivity index (χ2n) is 5.50. The van der Waals surface area contributed by atoms with Crippen LogP contribution in [0.4, 0.5) is 10.1 Å². The summed E-state index contributed by atoms with van der Waals surface area (Å²) in [6.45, 7) is 4.78. The van der Waals surface area contributed by atoms with Gasteiger partial charge in [0.05, 0.1) is 5.56 Å². The molecule has 2 amide bonds. The fraction of sp³-hybridized carbons (Fsp3) is 0.278. The summed E-state index contributed by atoms with van der Waals surface area (Å²) < 4.78 is 14.5. The van der Waals surface area contributed by atoms with E-state index in [0.717, 1.165) is 6.07 Å². The van der Waals surface area contributed by atoms with E-state index in [1.165, 1.54) is 42.1 Å². The number of hydrogen-bond donors (Lipinski definition) is 1. The topological polar surface area (TPSA) is 71.4 Å². The maximum Gasteiger partial charge on any atom is 0.274 e. The summed E-state index contributed by atoms with van der Waals surface area (Å²) >= 11 is 0. The molecule has 2 aromatic rings. The number of rotatable bonds is 5. The van der Waals surface area contributed by atoms with Crippen molar-refractivity contribution in [3.8, 4) is 0 Å². The minimum Gasteiger partial charge on any atom is -0.339 e. The summed E-state index contributed by atoms with van der Waals surface area (Å²) in [5.74, 6) is -1.41. The molecular formula is C18H20FN3O3. The van der Waals surface area contributed by atoms with E-state index in [2.05, 4.69) is 5.32 Å². The van der Waals surface area contributed by atoms with Gasteiger partial charge < -0.3 is 14.8 Å². The first-order valence-electron chi connectivity index (χ1n) is 7.94. The van der Waals surface area contributed by atoms with Crippen molar-refractivity contribution in [1.82, 2.24) is 9.47 Å². The molecule has 6 nitrogen and oxygen atoms in total. The third kappa shape index (κ3) is 4.12. The number of benzene rings is 1. The van der Waals surface area contributed by atoms with Crippen molar-refractivity contribution in [3.05, 3.63) is 63.8 Å². The van der Waals surface area contributed by atoms with Gasteiger partial charge in [0, 0.05) is 31.9 Å². The third-order valence-corrected chi connectivity index (χ3v) is 3.82. The quantitative estimate of drug-likeness (QED) is 0.903. The number of hydrogen-bond acceptors (Lipinski definition) is 3. The number of carbonyl (C=O) groups is 2. The van der Waals surface area contributed by atoms with Crippen LogP contribution in [0.1, 0.15) is 34.6 Å². The van der Waals surface area contributed by atoms with Crippen molar-refractivity contribution >= 4 is 17.5 Å². The Morgan fingerprint density at radius 3 is 2.44 bits per heavy atom. The zero-order valence-corrected chi connectivity index (χ0v) is 14.4. The Labute approximate surface area is 144 Å². The highest BCUT2D eigenvalue weighted by Crippen LogP contribution is 2.11. The molecule has 0 unspecified atom stereocenters. The second kappa shape index (κ2) is 7.74. The zero-order chi connectivity index (χ0) is 18.6. The molecule has 0 aliphatic carbocycles. The van der Waals surface area contributed by atoms with Gasteiger partial charge in [-0.05, 0) is 38.1 Å². The number of aromatic nitrogens is 1. The lowest BCUT2D eigenvalue weighted by Crippen LogP contribution is -2.32. The first-order valence-corrected chi connectivity index (χ1v) is 7.94. The Bertz CT molecular complexity index is 857. The van der Waals surface area contributed by atoms with Gasteiger partial charge in [0.2, 0.25) is 0 Å². The van der Waals surface area contributed by atoms with Crippen LogP contribution in [0.15, 0.2) is 41.3 Å². The van der Waals surface area contributed by atoms with Crippen LogP contribution < -0.4 is 10.9 Å². The Morgan fingerprint density at radius 2 is 1.84 bits per heavy atom. The maximum atomic E-state index is 13.3. The van der Waals surface area contributed by atoms with E-state index in [1.807, 2.05) is 13.8 Å². The van der Waals surface area contributed by atoms with Gasteiger partial charge >= 0.3 is 0 Å². The fourth-order valence-corrected chi connectivity index (χ4v) is 2.44. The largest absolute Gasteiger partial charge is 0.339 e. The molecule has 1 heterocycles. The van der Waals surface area contributed by atoms with Crippen LogP contribution in [0.25, 0.3) is 0 Å². The minimum atomic E-state index is -0.621. The van der Waals surface area contributed by atoms with E-state index < -0.39 is 17.3 Å². The van der Waals surface area contributed by atoms with Crippen LogP contribution in [-0.4, -0.2) is 34.4 Å². The predicted molar refractivity (Wildman–Crippen MR) is 93.3 cm³/mol. The van der Waals surface area contributed by atoms with Crippen LogP contribution in [0.2, 0.25) is 0 Å². The molecule has 132 valence electrons. The molecule has 7 heteroatoms. The van der Waals surface area contributed by atoms with Crippen LogP contribution in [-0.2, 0) is 7.05 Å². The van der Waals surface area contributed by atoms with Crippen LogP contribution >= 0.6 is 0 Å². The highest BCUT2D eigenvalue weighted by atomic mass is 19.1. The van der Waals surface area contributed by atoms with Gasteiger partial charge in [-0.15, -0.1) is 0 Å². The summed E-state index contributed by atoms with van der Waals surface area (Å²) in [6, 6.07) is 6.49. The molecule has 0 spiro atoms. The summed E-state index contributed by atoms with van der Waals surface area (Å²) in [4.78, 5) is 38.6.